The number of carbonyl (C=O) groups excluding carboxylic acids is 4. The van der Waals surface area contributed by atoms with Gasteiger partial charge in [0.25, 0.3) is 11.8 Å². The summed E-state index contributed by atoms with van der Waals surface area (Å²) in [6.45, 7) is 3.32. The Morgan fingerprint density at radius 3 is 2.13 bits per heavy atom. The molecule has 61 heavy (non-hydrogen) atoms. The summed E-state index contributed by atoms with van der Waals surface area (Å²) in [7, 11) is 0. The first kappa shape index (κ1) is 42.3. The van der Waals surface area contributed by atoms with Crippen LogP contribution in [0.1, 0.15) is 48.2 Å². The Hall–Kier alpha value is -6.84. The van der Waals surface area contributed by atoms with Crippen molar-refractivity contribution >= 4 is 63.8 Å². The maximum Gasteiger partial charge on any atom is 0.355 e. The van der Waals surface area contributed by atoms with Crippen LogP contribution in [0.2, 0.25) is 0 Å². The van der Waals surface area contributed by atoms with Gasteiger partial charge in [-0.05, 0) is 30.5 Å². The Balaban J connectivity index is 1.21. The smallest absolute Gasteiger partial charge is 0.355 e. The van der Waals surface area contributed by atoms with Crippen LogP contribution in [0.5, 0.6) is 0 Å². The van der Waals surface area contributed by atoms with Gasteiger partial charge in [-0.15, -0.1) is 23.1 Å². The molecule has 310 valence electrons. The summed E-state index contributed by atoms with van der Waals surface area (Å²) in [5.41, 5.74) is 8.38. The summed E-state index contributed by atoms with van der Waals surface area (Å²) in [4.78, 5) is 71.7. The summed E-state index contributed by atoms with van der Waals surface area (Å²) in [5, 5.41) is 8.51. The molecule has 3 N–H and O–H groups in total. The predicted octanol–water partition coefficient (Wildman–Crippen LogP) is 6.64. The number of oxime groups is 1. The standard InChI is InChI=1S/C46H42N6O7S2/c1-3-15-31(43(55)57-4-2)27-58-44(56)39-32(24-23-30-16-14-25-48-26-30)28-60-42-38(41(54)52(39)42)50-40(53)37(36-29-61-45(47)49-36)51-59-46(33-17-8-5-9-18-33,34-19-10-6-11-20-34)35-21-12-7-13-22-35/h5-26,29,38,42H,3-4,27-28H2,1-2H3,(H2,47,49)(H,50,53)/b24-23-,31-15+,51-37?/t38-,42-/m1/s1. The number of carbonyl (C=O) groups is 4. The molecular formula is C46H42N6O7S2. The highest BCUT2D eigenvalue weighted by Gasteiger charge is 2.54. The van der Waals surface area contributed by atoms with Crippen molar-refractivity contribution in [3.8, 4) is 0 Å². The molecule has 2 amide bonds. The second-order valence-corrected chi connectivity index (χ2v) is 15.7. The summed E-state index contributed by atoms with van der Waals surface area (Å²) >= 11 is 2.48. The van der Waals surface area contributed by atoms with E-state index in [0.29, 0.717) is 12.0 Å². The number of nitrogens with two attached hydrogens (primary N) is 1. The van der Waals surface area contributed by atoms with E-state index in [-0.39, 0.29) is 46.8 Å². The molecule has 3 aromatic carbocycles. The number of nitrogen functional groups attached to an aromatic ring is 1. The van der Waals surface area contributed by atoms with Crippen LogP contribution in [-0.4, -0.2) is 74.7 Å². The van der Waals surface area contributed by atoms with Gasteiger partial charge in [0.2, 0.25) is 5.60 Å². The van der Waals surface area contributed by atoms with Crippen molar-refractivity contribution in [2.24, 2.45) is 5.16 Å². The third-order valence-electron chi connectivity index (χ3n) is 9.78. The van der Waals surface area contributed by atoms with Crippen molar-refractivity contribution < 1.29 is 33.5 Å². The Morgan fingerprint density at radius 2 is 1.57 bits per heavy atom. The van der Waals surface area contributed by atoms with Gasteiger partial charge in [0.05, 0.1) is 12.2 Å². The van der Waals surface area contributed by atoms with Gasteiger partial charge in [0.15, 0.2) is 10.8 Å². The zero-order chi connectivity index (χ0) is 42.8. The van der Waals surface area contributed by atoms with E-state index < -0.39 is 40.8 Å². The lowest BCUT2D eigenvalue weighted by Crippen LogP contribution is -2.71. The van der Waals surface area contributed by atoms with Crippen LogP contribution in [-0.2, 0) is 39.1 Å². The number of hydrogen-bond donors (Lipinski definition) is 2. The second-order valence-electron chi connectivity index (χ2n) is 13.7. The molecule has 1 saturated heterocycles. The molecule has 0 unspecified atom stereocenters. The Kier molecular flexibility index (Phi) is 13.5. The number of thiazole rings is 1. The minimum absolute atomic E-state index is 0.00182. The number of thioether (sulfide) groups is 1. The van der Waals surface area contributed by atoms with Crippen molar-refractivity contribution in [2.75, 3.05) is 24.7 Å². The zero-order valence-electron chi connectivity index (χ0n) is 33.3. The monoisotopic (exact) mass is 854 g/mol. The number of amides is 2. The molecule has 2 aliphatic rings. The highest BCUT2D eigenvalue weighted by Crippen LogP contribution is 2.43. The lowest BCUT2D eigenvalue weighted by molar-refractivity contribution is -0.152. The highest BCUT2D eigenvalue weighted by molar-refractivity contribution is 8.00. The van der Waals surface area contributed by atoms with Crippen molar-refractivity contribution in [1.82, 2.24) is 20.2 Å². The molecule has 0 radical (unpaired) electrons. The van der Waals surface area contributed by atoms with Crippen LogP contribution in [0, 0.1) is 0 Å². The van der Waals surface area contributed by atoms with Gasteiger partial charge < -0.3 is 25.4 Å². The molecule has 0 aliphatic carbocycles. The maximum atomic E-state index is 14.4. The molecule has 2 aromatic heterocycles. The quantitative estimate of drug-likeness (QED) is 0.0272. The topological polar surface area (TPSA) is 175 Å². The van der Waals surface area contributed by atoms with Crippen molar-refractivity contribution in [1.29, 1.82) is 0 Å². The Bertz CT molecular complexity index is 2400. The van der Waals surface area contributed by atoms with E-state index in [1.165, 1.54) is 16.7 Å². The summed E-state index contributed by atoms with van der Waals surface area (Å²) in [5.74, 6) is -2.42. The largest absolute Gasteiger partial charge is 0.463 e. The van der Waals surface area contributed by atoms with E-state index in [1.807, 2.05) is 104 Å². The number of ether oxygens (including phenoxy) is 2. The number of fused-ring (bicyclic) bond motifs is 1. The van der Waals surface area contributed by atoms with Crippen LogP contribution in [0.25, 0.3) is 6.08 Å². The van der Waals surface area contributed by atoms with Crippen molar-refractivity contribution in [2.45, 2.75) is 37.3 Å². The number of nitrogens with zero attached hydrogens (tertiary/aromatic N) is 4. The number of allylic oxidation sites excluding steroid dienone is 2. The van der Waals surface area contributed by atoms with E-state index in [1.54, 1.807) is 49.0 Å². The van der Waals surface area contributed by atoms with Gasteiger partial charge in [-0.3, -0.25) is 19.5 Å². The van der Waals surface area contributed by atoms with Crippen LogP contribution in [0.15, 0.2) is 155 Å². The lowest BCUT2D eigenvalue weighted by Gasteiger charge is -2.49. The van der Waals surface area contributed by atoms with Crippen molar-refractivity contribution in [3.05, 3.63) is 178 Å². The van der Waals surface area contributed by atoms with E-state index in [0.717, 1.165) is 33.6 Å². The third-order valence-corrected chi connectivity index (χ3v) is 11.8. The van der Waals surface area contributed by atoms with E-state index in [9.17, 15) is 19.2 Å². The third kappa shape index (κ3) is 9.17. The van der Waals surface area contributed by atoms with Gasteiger partial charge in [-0.1, -0.05) is 127 Å². The molecule has 2 aliphatic heterocycles. The lowest BCUT2D eigenvalue weighted by atomic mass is 9.80. The second kappa shape index (κ2) is 19.5. The first-order valence-corrected chi connectivity index (χ1v) is 21.4. The summed E-state index contributed by atoms with van der Waals surface area (Å²) < 4.78 is 10.8. The van der Waals surface area contributed by atoms with Gasteiger partial charge in [0, 0.05) is 40.2 Å². The van der Waals surface area contributed by atoms with Gasteiger partial charge in [0.1, 0.15) is 29.4 Å². The fourth-order valence-corrected chi connectivity index (χ4v) is 8.78. The number of benzene rings is 3. The normalized spacial score (nSPS) is 16.8. The van der Waals surface area contributed by atoms with Crippen LogP contribution in [0.4, 0.5) is 5.13 Å². The molecule has 0 spiro atoms. The molecule has 0 bridgehead atoms. The zero-order valence-corrected chi connectivity index (χ0v) is 34.9. The van der Waals surface area contributed by atoms with E-state index in [2.05, 4.69) is 20.4 Å². The first-order valence-electron chi connectivity index (χ1n) is 19.5. The molecule has 0 saturated carbocycles. The Labute approximate surface area is 361 Å². The SMILES string of the molecule is CC/C=C(\COC(=O)C1=C(/C=C\c2cccnc2)CS[C@@H]2[C@H](NC(=O)C(=NOC(c3ccccc3)(c3ccccc3)c3ccccc3)c3csc(N)n3)C(=O)N12)C(=O)OCC. The highest BCUT2D eigenvalue weighted by atomic mass is 32.2. The molecule has 15 heteroatoms. The molecule has 4 heterocycles. The average Bonchev–Trinajstić information content (AvgIpc) is 3.73. The molecule has 13 nitrogen and oxygen atoms in total. The van der Waals surface area contributed by atoms with Crippen molar-refractivity contribution in [3.63, 3.8) is 0 Å². The number of β-lactam (4-membered cyclic amide) rings is 1. The molecule has 5 aromatic rings. The van der Waals surface area contributed by atoms with Gasteiger partial charge >= 0.3 is 11.9 Å². The maximum absolute atomic E-state index is 14.4. The van der Waals surface area contributed by atoms with E-state index >= 15 is 0 Å². The van der Waals surface area contributed by atoms with Crippen LogP contribution >= 0.6 is 23.1 Å². The summed E-state index contributed by atoms with van der Waals surface area (Å²) in [6.07, 6.45) is 8.97. The minimum Gasteiger partial charge on any atom is -0.463 e. The molecule has 7 rings (SSSR count). The number of rotatable bonds is 16. The number of hydrogen-bond acceptors (Lipinski definition) is 13. The number of pyridine rings is 1. The number of esters is 2. The average molecular weight is 855 g/mol. The van der Waals surface area contributed by atoms with Crippen LogP contribution < -0.4 is 11.1 Å². The molecular weight excluding hydrogens is 813 g/mol. The predicted molar refractivity (Wildman–Crippen MR) is 235 cm³/mol. The van der Waals surface area contributed by atoms with Gasteiger partial charge in [-0.25, -0.2) is 14.6 Å². The van der Waals surface area contributed by atoms with Gasteiger partial charge in [-0.2, -0.15) is 0 Å². The number of anilines is 1. The fraction of sp³-hybridized carbons (Fsp3) is 0.196. The minimum atomic E-state index is -1.32. The molecule has 2 atom stereocenters. The summed E-state index contributed by atoms with van der Waals surface area (Å²) in [6, 6.07) is 31.2. The van der Waals surface area contributed by atoms with Crippen LogP contribution in [0.3, 0.4) is 0 Å². The number of nitrogens with one attached hydrogen (secondary N) is 1. The van der Waals surface area contributed by atoms with E-state index in [4.69, 9.17) is 20.0 Å². The molecule has 1 fully saturated rings. The first-order chi connectivity index (χ1) is 29.7. The Morgan fingerprint density at radius 1 is 0.918 bits per heavy atom. The number of aromatic nitrogens is 2. The fourth-order valence-electron chi connectivity index (χ4n) is 6.92.